The van der Waals surface area contributed by atoms with Crippen molar-refractivity contribution in [2.24, 2.45) is 0 Å². The summed E-state index contributed by atoms with van der Waals surface area (Å²) in [7, 11) is 0. The molecular formula is C18H20N6O4S2. The zero-order valence-electron chi connectivity index (χ0n) is 15.5. The lowest BCUT2D eigenvalue weighted by molar-refractivity contribution is -0.146. The fraction of sp³-hybridized carbons (Fsp3) is 0.111. The van der Waals surface area contributed by atoms with E-state index in [4.69, 9.17) is 24.4 Å². The average Bonchev–Trinajstić information content (AvgIpc) is 2.76. The van der Waals surface area contributed by atoms with Gasteiger partial charge in [0, 0.05) is 11.4 Å². The molecule has 0 aliphatic carbocycles. The molecule has 0 bridgehead atoms. The molecule has 2 atom stereocenters. The van der Waals surface area contributed by atoms with Crippen LogP contribution in [0.3, 0.4) is 0 Å². The Kier molecular flexibility index (Phi) is 8.90. The van der Waals surface area contributed by atoms with Gasteiger partial charge in [-0.3, -0.25) is 31.3 Å². The summed E-state index contributed by atoms with van der Waals surface area (Å²) in [5, 5.41) is 25.4. The maximum absolute atomic E-state index is 11.9. The Morgan fingerprint density at radius 3 is 1.30 bits per heavy atom. The van der Waals surface area contributed by atoms with E-state index in [-0.39, 0.29) is 10.2 Å². The van der Waals surface area contributed by atoms with E-state index in [9.17, 15) is 19.8 Å². The second kappa shape index (κ2) is 11.6. The molecular weight excluding hydrogens is 428 g/mol. The minimum atomic E-state index is -2.06. The number of aliphatic hydroxyl groups excluding tert-OH is 2. The summed E-state index contributed by atoms with van der Waals surface area (Å²) in [6.45, 7) is 0. The number of thiocarbonyl (C=S) groups is 2. The van der Waals surface area contributed by atoms with Gasteiger partial charge in [0.15, 0.2) is 22.4 Å². The van der Waals surface area contributed by atoms with Crippen LogP contribution in [0.4, 0.5) is 11.4 Å². The first kappa shape index (κ1) is 23.0. The Labute approximate surface area is 183 Å². The zero-order chi connectivity index (χ0) is 21.9. The zero-order valence-corrected chi connectivity index (χ0v) is 17.1. The van der Waals surface area contributed by atoms with Crippen LogP contribution in [0.1, 0.15) is 0 Å². The van der Waals surface area contributed by atoms with Gasteiger partial charge in [0.05, 0.1) is 0 Å². The van der Waals surface area contributed by atoms with Crippen LogP contribution >= 0.6 is 24.4 Å². The van der Waals surface area contributed by atoms with Crippen LogP contribution in [0, 0.1) is 0 Å². The van der Waals surface area contributed by atoms with Crippen molar-refractivity contribution in [2.45, 2.75) is 12.2 Å². The van der Waals surface area contributed by atoms with Crippen LogP contribution < -0.4 is 32.3 Å². The predicted octanol–water partition coefficient (Wildman–Crippen LogP) is -0.256. The third kappa shape index (κ3) is 7.60. The molecule has 2 aromatic rings. The maximum atomic E-state index is 11.9. The number of hydrogen-bond acceptors (Lipinski definition) is 6. The van der Waals surface area contributed by atoms with Gasteiger partial charge < -0.3 is 20.8 Å². The van der Waals surface area contributed by atoms with Crippen molar-refractivity contribution in [1.82, 2.24) is 21.7 Å². The molecule has 0 spiro atoms. The molecule has 0 aliphatic rings. The number of benzene rings is 2. The van der Waals surface area contributed by atoms with Crippen LogP contribution in [0.15, 0.2) is 60.7 Å². The van der Waals surface area contributed by atoms with Crippen molar-refractivity contribution in [3.05, 3.63) is 60.7 Å². The molecule has 8 N–H and O–H groups in total. The molecule has 0 saturated carbocycles. The van der Waals surface area contributed by atoms with Crippen LogP contribution in [-0.2, 0) is 9.59 Å². The molecule has 2 unspecified atom stereocenters. The quantitative estimate of drug-likeness (QED) is 0.227. The third-order valence-electron chi connectivity index (χ3n) is 3.50. The van der Waals surface area contributed by atoms with Gasteiger partial charge in [0.2, 0.25) is 0 Å². The summed E-state index contributed by atoms with van der Waals surface area (Å²) in [4.78, 5) is 23.8. The second-order valence-electron chi connectivity index (χ2n) is 5.76. The molecule has 2 amide bonds. The van der Waals surface area contributed by atoms with E-state index in [0.29, 0.717) is 11.4 Å². The highest BCUT2D eigenvalue weighted by atomic mass is 32.1. The van der Waals surface area contributed by atoms with Gasteiger partial charge in [-0.15, -0.1) is 0 Å². The van der Waals surface area contributed by atoms with Gasteiger partial charge in [-0.25, -0.2) is 0 Å². The van der Waals surface area contributed by atoms with Crippen LogP contribution in [-0.4, -0.2) is 44.5 Å². The molecule has 0 aromatic heterocycles. The summed E-state index contributed by atoms with van der Waals surface area (Å²) < 4.78 is 0. The van der Waals surface area contributed by atoms with E-state index in [0.717, 1.165) is 0 Å². The van der Waals surface area contributed by atoms with E-state index >= 15 is 0 Å². The SMILES string of the molecule is O=C(NNC(=S)Nc1ccccc1)C(O)C(O)C(=O)NNC(=S)Nc1ccccc1. The van der Waals surface area contributed by atoms with Crippen molar-refractivity contribution in [3.8, 4) is 0 Å². The summed E-state index contributed by atoms with van der Waals surface area (Å²) >= 11 is 9.98. The van der Waals surface area contributed by atoms with Crippen molar-refractivity contribution < 1.29 is 19.8 Å². The number of carbonyl (C=O) groups excluding carboxylic acids is 2. The van der Waals surface area contributed by atoms with E-state index in [1.807, 2.05) is 12.1 Å². The highest BCUT2D eigenvalue weighted by molar-refractivity contribution is 7.80. The highest BCUT2D eigenvalue weighted by Gasteiger charge is 2.30. The smallest absolute Gasteiger partial charge is 0.270 e. The van der Waals surface area contributed by atoms with Crippen molar-refractivity contribution in [1.29, 1.82) is 0 Å². The molecule has 0 heterocycles. The van der Waals surface area contributed by atoms with Crippen LogP contribution in [0.25, 0.3) is 0 Å². The van der Waals surface area contributed by atoms with Crippen LogP contribution in [0.2, 0.25) is 0 Å². The van der Waals surface area contributed by atoms with Gasteiger partial charge in [-0.2, -0.15) is 0 Å². The standard InChI is InChI=1S/C18H20N6O4S2/c25-13(15(27)21-23-17(29)19-11-7-3-1-4-8-11)14(26)16(28)22-24-18(30)20-12-9-5-2-6-10-12/h1-10,13-14,25-26H,(H,21,27)(H,22,28)(H2,19,23,29)(H2,20,24,30). The number of carbonyl (C=O) groups is 2. The number of nitrogens with one attached hydrogen (secondary N) is 6. The molecule has 0 fully saturated rings. The first-order valence-corrected chi connectivity index (χ1v) is 9.38. The number of rotatable bonds is 5. The summed E-state index contributed by atoms with van der Waals surface area (Å²) in [6.07, 6.45) is -4.12. The number of hydrogen-bond donors (Lipinski definition) is 8. The highest BCUT2D eigenvalue weighted by Crippen LogP contribution is 2.05. The van der Waals surface area contributed by atoms with Crippen LogP contribution in [0.5, 0.6) is 0 Å². The largest absolute Gasteiger partial charge is 0.380 e. The first-order chi connectivity index (χ1) is 14.4. The topological polar surface area (TPSA) is 147 Å². The molecule has 30 heavy (non-hydrogen) atoms. The Hall–Kier alpha value is -3.32. The molecule has 0 aliphatic heterocycles. The third-order valence-corrected chi connectivity index (χ3v) is 3.91. The summed E-state index contributed by atoms with van der Waals surface area (Å²) in [6, 6.07) is 17.8. The normalized spacial score (nSPS) is 11.9. The van der Waals surface area contributed by atoms with E-state index in [1.165, 1.54) is 0 Å². The average molecular weight is 449 g/mol. The molecule has 0 saturated heterocycles. The lowest BCUT2D eigenvalue weighted by atomic mass is 10.2. The van der Waals surface area contributed by atoms with Gasteiger partial charge >= 0.3 is 0 Å². The molecule has 10 nitrogen and oxygen atoms in total. The maximum Gasteiger partial charge on any atom is 0.270 e. The van der Waals surface area contributed by atoms with Gasteiger partial charge in [0.1, 0.15) is 0 Å². The number of amides is 2. The fourth-order valence-corrected chi connectivity index (χ4v) is 2.38. The predicted molar refractivity (Wildman–Crippen MR) is 120 cm³/mol. The molecule has 158 valence electrons. The number of aliphatic hydroxyl groups is 2. The first-order valence-electron chi connectivity index (χ1n) is 8.56. The van der Waals surface area contributed by atoms with Gasteiger partial charge in [-0.1, -0.05) is 36.4 Å². The second-order valence-corrected chi connectivity index (χ2v) is 6.57. The summed E-state index contributed by atoms with van der Waals surface area (Å²) in [5.41, 5.74) is 10.3. The molecule has 2 rings (SSSR count). The Morgan fingerprint density at radius 2 is 0.967 bits per heavy atom. The molecule has 12 heteroatoms. The monoisotopic (exact) mass is 448 g/mol. The van der Waals surface area contributed by atoms with Gasteiger partial charge in [0.25, 0.3) is 11.8 Å². The molecule has 0 radical (unpaired) electrons. The van der Waals surface area contributed by atoms with Gasteiger partial charge in [-0.05, 0) is 48.7 Å². The van der Waals surface area contributed by atoms with Crippen molar-refractivity contribution in [3.63, 3.8) is 0 Å². The van der Waals surface area contributed by atoms with Crippen molar-refractivity contribution in [2.75, 3.05) is 10.6 Å². The fourth-order valence-electron chi connectivity index (χ4n) is 2.04. The number of anilines is 2. The van der Waals surface area contributed by atoms with Crippen molar-refractivity contribution >= 4 is 57.8 Å². The minimum Gasteiger partial charge on any atom is -0.380 e. The number of hydrazine groups is 2. The summed E-state index contributed by atoms with van der Waals surface area (Å²) in [5.74, 6) is -2.14. The Morgan fingerprint density at radius 1 is 0.633 bits per heavy atom. The Balaban J connectivity index is 1.72. The lowest BCUT2D eigenvalue weighted by Gasteiger charge is -2.19. The molecule has 2 aromatic carbocycles. The number of para-hydroxylation sites is 2. The van der Waals surface area contributed by atoms with E-state index in [1.54, 1.807) is 48.5 Å². The minimum absolute atomic E-state index is 0.0414. The Bertz CT molecular complexity index is 811. The lowest BCUT2D eigenvalue weighted by Crippen LogP contribution is -2.56. The van der Waals surface area contributed by atoms with E-state index in [2.05, 4.69) is 32.3 Å². The van der Waals surface area contributed by atoms with E-state index < -0.39 is 24.0 Å².